The van der Waals surface area contributed by atoms with Gasteiger partial charge in [-0.3, -0.25) is 9.59 Å². The highest BCUT2D eigenvalue weighted by Crippen LogP contribution is 2.14. The number of rotatable bonds is 5. The summed E-state index contributed by atoms with van der Waals surface area (Å²) in [6.45, 7) is 6.75. The first kappa shape index (κ1) is 18.4. The minimum absolute atomic E-state index is 0.0476. The summed E-state index contributed by atoms with van der Waals surface area (Å²) in [7, 11) is 0. The van der Waals surface area contributed by atoms with Crippen LogP contribution in [0.2, 0.25) is 0 Å². The largest absolute Gasteiger partial charge is 0.449 e. The molecule has 5 heteroatoms. The van der Waals surface area contributed by atoms with Crippen molar-refractivity contribution in [3.05, 3.63) is 64.7 Å². The fourth-order valence-electron chi connectivity index (χ4n) is 2.35. The lowest BCUT2D eigenvalue weighted by atomic mass is 10.1. The smallest absolute Gasteiger partial charge is 0.339 e. The van der Waals surface area contributed by atoms with Crippen molar-refractivity contribution in [2.24, 2.45) is 0 Å². The summed E-state index contributed by atoms with van der Waals surface area (Å²) in [6.07, 6.45) is -0.944. The predicted molar refractivity (Wildman–Crippen MR) is 95.9 cm³/mol. The van der Waals surface area contributed by atoms with Crippen molar-refractivity contribution in [1.82, 2.24) is 0 Å². The number of anilines is 1. The molecule has 0 radical (unpaired) electrons. The number of carbonyl (C=O) groups is 3. The van der Waals surface area contributed by atoms with E-state index < -0.39 is 18.0 Å². The average Bonchev–Trinajstić information content (AvgIpc) is 2.55. The monoisotopic (exact) mass is 339 g/mol. The lowest BCUT2D eigenvalue weighted by Gasteiger charge is -2.14. The molecule has 130 valence electrons. The Kier molecular flexibility index (Phi) is 5.70. The minimum Gasteiger partial charge on any atom is -0.449 e. The number of ketones is 1. The summed E-state index contributed by atoms with van der Waals surface area (Å²) in [4.78, 5) is 35.7. The molecule has 0 aliphatic heterocycles. The predicted octanol–water partition coefficient (Wildman–Crippen LogP) is 3.69. The first-order chi connectivity index (χ1) is 11.8. The van der Waals surface area contributed by atoms with Crippen molar-refractivity contribution in [3.63, 3.8) is 0 Å². The van der Waals surface area contributed by atoms with Gasteiger partial charge in [0, 0.05) is 11.3 Å². The maximum absolute atomic E-state index is 12.2. The highest BCUT2D eigenvalue weighted by Gasteiger charge is 2.20. The van der Waals surface area contributed by atoms with E-state index in [-0.39, 0.29) is 5.78 Å². The van der Waals surface area contributed by atoms with Gasteiger partial charge in [-0.15, -0.1) is 0 Å². The van der Waals surface area contributed by atoms with E-state index in [0.29, 0.717) is 16.8 Å². The molecule has 0 bridgehead atoms. The standard InChI is InChI=1S/C20H21NO4/c1-12-5-10-18(13(2)11-12)20(24)25-15(4)19(23)21-17-8-6-16(7-9-17)14(3)22/h5-11,15H,1-4H3,(H,21,23). The number of Topliss-reactive ketones (excluding diaryl/α,β-unsaturated/α-hetero) is 1. The Hall–Kier alpha value is -2.95. The molecule has 2 aromatic carbocycles. The molecule has 25 heavy (non-hydrogen) atoms. The van der Waals surface area contributed by atoms with E-state index in [1.54, 1.807) is 30.3 Å². The van der Waals surface area contributed by atoms with Gasteiger partial charge in [-0.1, -0.05) is 17.7 Å². The molecule has 1 atom stereocenters. The normalized spacial score (nSPS) is 11.5. The van der Waals surface area contributed by atoms with Gasteiger partial charge in [-0.2, -0.15) is 0 Å². The van der Waals surface area contributed by atoms with Crippen LogP contribution in [0.15, 0.2) is 42.5 Å². The average molecular weight is 339 g/mol. The van der Waals surface area contributed by atoms with Gasteiger partial charge in [0.25, 0.3) is 5.91 Å². The Bertz CT molecular complexity index is 809. The molecule has 0 aliphatic rings. The molecule has 0 fully saturated rings. The van der Waals surface area contributed by atoms with E-state index in [1.165, 1.54) is 13.8 Å². The SMILES string of the molecule is CC(=O)c1ccc(NC(=O)C(C)OC(=O)c2ccc(C)cc2C)cc1. The second kappa shape index (κ2) is 7.75. The van der Waals surface area contributed by atoms with E-state index in [9.17, 15) is 14.4 Å². The number of carbonyl (C=O) groups excluding carboxylic acids is 3. The van der Waals surface area contributed by atoms with Crippen molar-refractivity contribution in [2.75, 3.05) is 5.32 Å². The summed E-state index contributed by atoms with van der Waals surface area (Å²) in [5, 5.41) is 2.66. The van der Waals surface area contributed by atoms with Gasteiger partial charge in [0.05, 0.1) is 5.56 Å². The number of ether oxygens (including phenoxy) is 1. The highest BCUT2D eigenvalue weighted by molar-refractivity contribution is 5.98. The molecular formula is C20H21NO4. The number of aryl methyl sites for hydroxylation is 2. The van der Waals surface area contributed by atoms with E-state index >= 15 is 0 Å². The van der Waals surface area contributed by atoms with Crippen LogP contribution in [-0.2, 0) is 9.53 Å². The molecule has 0 spiro atoms. The maximum atomic E-state index is 12.2. The Morgan fingerprint density at radius 3 is 2.20 bits per heavy atom. The molecule has 1 unspecified atom stereocenters. The number of nitrogens with one attached hydrogen (secondary N) is 1. The van der Waals surface area contributed by atoms with Crippen molar-refractivity contribution >= 4 is 23.3 Å². The van der Waals surface area contributed by atoms with Crippen LogP contribution in [0.25, 0.3) is 0 Å². The molecule has 0 aromatic heterocycles. The summed E-state index contributed by atoms with van der Waals surface area (Å²) in [5.74, 6) is -1.02. The molecule has 1 amide bonds. The van der Waals surface area contributed by atoms with Gasteiger partial charge in [-0.05, 0) is 63.6 Å². The van der Waals surface area contributed by atoms with Crippen LogP contribution < -0.4 is 5.32 Å². The summed E-state index contributed by atoms with van der Waals surface area (Å²) < 4.78 is 5.25. The zero-order chi connectivity index (χ0) is 18.6. The topological polar surface area (TPSA) is 72.5 Å². The summed E-state index contributed by atoms with van der Waals surface area (Å²) in [6, 6.07) is 11.9. The Morgan fingerprint density at radius 1 is 1.00 bits per heavy atom. The van der Waals surface area contributed by atoms with Crippen LogP contribution in [0, 0.1) is 13.8 Å². The fourth-order valence-corrected chi connectivity index (χ4v) is 2.35. The van der Waals surface area contributed by atoms with Crippen LogP contribution in [0.3, 0.4) is 0 Å². The van der Waals surface area contributed by atoms with Crippen LogP contribution in [0.1, 0.15) is 45.7 Å². The Labute approximate surface area is 147 Å². The number of benzene rings is 2. The van der Waals surface area contributed by atoms with Crippen molar-refractivity contribution in [1.29, 1.82) is 0 Å². The van der Waals surface area contributed by atoms with Crippen LogP contribution in [-0.4, -0.2) is 23.8 Å². The second-order valence-electron chi connectivity index (χ2n) is 5.99. The van der Waals surface area contributed by atoms with Gasteiger partial charge in [0.1, 0.15) is 0 Å². The van der Waals surface area contributed by atoms with E-state index in [0.717, 1.165) is 11.1 Å². The number of esters is 1. The van der Waals surface area contributed by atoms with Gasteiger partial charge in [-0.25, -0.2) is 4.79 Å². The first-order valence-corrected chi connectivity index (χ1v) is 7.98. The lowest BCUT2D eigenvalue weighted by Crippen LogP contribution is -2.30. The zero-order valence-electron chi connectivity index (χ0n) is 14.8. The third-order valence-corrected chi connectivity index (χ3v) is 3.81. The van der Waals surface area contributed by atoms with Crippen molar-refractivity contribution in [3.8, 4) is 0 Å². The molecule has 0 aliphatic carbocycles. The molecule has 0 saturated heterocycles. The van der Waals surface area contributed by atoms with Gasteiger partial charge in [0.2, 0.25) is 0 Å². The van der Waals surface area contributed by atoms with E-state index in [2.05, 4.69) is 5.32 Å². The lowest BCUT2D eigenvalue weighted by molar-refractivity contribution is -0.123. The number of amides is 1. The fraction of sp³-hybridized carbons (Fsp3) is 0.250. The maximum Gasteiger partial charge on any atom is 0.339 e. The Morgan fingerprint density at radius 2 is 1.64 bits per heavy atom. The molecule has 0 saturated carbocycles. The van der Waals surface area contributed by atoms with E-state index in [4.69, 9.17) is 4.74 Å². The highest BCUT2D eigenvalue weighted by atomic mass is 16.5. The van der Waals surface area contributed by atoms with Gasteiger partial charge < -0.3 is 10.1 Å². The molecule has 5 nitrogen and oxygen atoms in total. The summed E-state index contributed by atoms with van der Waals surface area (Å²) in [5.41, 5.74) is 3.39. The quantitative estimate of drug-likeness (QED) is 0.666. The third kappa shape index (κ3) is 4.76. The van der Waals surface area contributed by atoms with Crippen molar-refractivity contribution in [2.45, 2.75) is 33.8 Å². The van der Waals surface area contributed by atoms with E-state index in [1.807, 2.05) is 26.0 Å². The molecular weight excluding hydrogens is 318 g/mol. The molecule has 2 rings (SSSR count). The molecule has 1 N–H and O–H groups in total. The van der Waals surface area contributed by atoms with Gasteiger partial charge >= 0.3 is 5.97 Å². The third-order valence-electron chi connectivity index (χ3n) is 3.81. The van der Waals surface area contributed by atoms with Crippen molar-refractivity contribution < 1.29 is 19.1 Å². The van der Waals surface area contributed by atoms with Gasteiger partial charge in [0.15, 0.2) is 11.9 Å². The molecule has 0 heterocycles. The zero-order valence-corrected chi connectivity index (χ0v) is 14.8. The Balaban J connectivity index is 1.99. The van der Waals surface area contributed by atoms with Crippen LogP contribution in [0.5, 0.6) is 0 Å². The van der Waals surface area contributed by atoms with Crippen LogP contribution in [0.4, 0.5) is 5.69 Å². The number of hydrogen-bond acceptors (Lipinski definition) is 4. The number of hydrogen-bond donors (Lipinski definition) is 1. The molecule has 2 aromatic rings. The first-order valence-electron chi connectivity index (χ1n) is 7.98. The summed E-state index contributed by atoms with van der Waals surface area (Å²) >= 11 is 0. The second-order valence-corrected chi connectivity index (χ2v) is 5.99. The van der Waals surface area contributed by atoms with Crippen LogP contribution >= 0.6 is 0 Å². The minimum atomic E-state index is -0.944.